The lowest BCUT2D eigenvalue weighted by Gasteiger charge is -2.34. The molecule has 2 heterocycles. The Kier molecular flexibility index (Phi) is 6.00. The van der Waals surface area contributed by atoms with Crippen molar-refractivity contribution >= 4 is 12.6 Å². The molecule has 2 N–H and O–H groups in total. The van der Waals surface area contributed by atoms with E-state index in [1.54, 1.807) is 6.07 Å². The Bertz CT molecular complexity index is 694. The van der Waals surface area contributed by atoms with Gasteiger partial charge in [0.1, 0.15) is 5.75 Å². The van der Waals surface area contributed by atoms with Crippen molar-refractivity contribution in [1.29, 1.82) is 0 Å². The maximum atomic E-state index is 10.3. The molecule has 29 heavy (non-hydrogen) atoms. The molecule has 3 aliphatic rings. The van der Waals surface area contributed by atoms with Crippen molar-refractivity contribution in [2.45, 2.75) is 96.1 Å². The van der Waals surface area contributed by atoms with Crippen LogP contribution in [0.3, 0.4) is 0 Å². The summed E-state index contributed by atoms with van der Waals surface area (Å²) in [7, 11) is -0.438. The largest absolute Gasteiger partial charge is 0.508 e. The van der Waals surface area contributed by atoms with Crippen LogP contribution in [0.1, 0.15) is 71.8 Å². The average molecular weight is 400 g/mol. The lowest BCUT2D eigenvalue weighted by atomic mass is 9.78. The van der Waals surface area contributed by atoms with Crippen molar-refractivity contribution < 1.29 is 14.4 Å². The third-order valence-electron chi connectivity index (χ3n) is 7.35. The fraction of sp³-hybridized carbons (Fsp3) is 0.739. The molecule has 1 aliphatic carbocycles. The summed E-state index contributed by atoms with van der Waals surface area (Å²) in [6.45, 7) is 11.3. The van der Waals surface area contributed by atoms with Gasteiger partial charge in [0, 0.05) is 18.6 Å². The molecule has 0 spiro atoms. The van der Waals surface area contributed by atoms with Crippen molar-refractivity contribution in [3.63, 3.8) is 0 Å². The topological polar surface area (TPSA) is 54.0 Å². The van der Waals surface area contributed by atoms with E-state index in [1.807, 2.05) is 6.07 Å². The Hall–Kier alpha value is -1.08. The highest BCUT2D eigenvalue weighted by atomic mass is 16.7. The number of hydrogen-bond donors (Lipinski definition) is 2. The number of aromatic hydroxyl groups is 1. The monoisotopic (exact) mass is 400 g/mol. The zero-order valence-corrected chi connectivity index (χ0v) is 18.5. The molecule has 160 valence electrons. The summed E-state index contributed by atoms with van der Waals surface area (Å²) >= 11 is 0. The van der Waals surface area contributed by atoms with Crippen LogP contribution < -0.4 is 10.8 Å². The van der Waals surface area contributed by atoms with Crippen LogP contribution in [0, 0.1) is 0 Å². The van der Waals surface area contributed by atoms with Gasteiger partial charge in [-0.05, 0) is 89.6 Å². The molecule has 0 radical (unpaired) electrons. The molecule has 2 saturated heterocycles. The van der Waals surface area contributed by atoms with Crippen LogP contribution >= 0.6 is 0 Å². The van der Waals surface area contributed by atoms with Crippen LogP contribution in [-0.2, 0) is 15.9 Å². The van der Waals surface area contributed by atoms with Crippen molar-refractivity contribution in [2.24, 2.45) is 0 Å². The van der Waals surface area contributed by atoms with Gasteiger partial charge in [-0.25, -0.2) is 0 Å². The molecule has 5 nitrogen and oxygen atoms in total. The van der Waals surface area contributed by atoms with Crippen molar-refractivity contribution in [3.05, 3.63) is 23.8 Å². The number of phenolic OH excluding ortho intramolecular Hbond substituents is 1. The second-order valence-corrected chi connectivity index (χ2v) is 10.2. The van der Waals surface area contributed by atoms with E-state index in [2.05, 4.69) is 44.0 Å². The second kappa shape index (κ2) is 8.22. The number of nitrogens with one attached hydrogen (secondary N) is 1. The van der Waals surface area contributed by atoms with E-state index in [0.717, 1.165) is 36.7 Å². The standard InChI is InChI=1S/C23H37BN2O3/c1-22(2)23(3,4)29-24(28-22)18-13-17(14-21(27)15-18)16-26-11-9-20(10-12-26)25-19-7-5-6-8-19/h13-15,19-20,25,27H,5-12,16H2,1-4H3. The second-order valence-electron chi connectivity index (χ2n) is 10.2. The molecular formula is C23H37BN2O3. The molecule has 1 saturated carbocycles. The summed E-state index contributed by atoms with van der Waals surface area (Å²) in [5.41, 5.74) is 1.27. The average Bonchev–Trinajstić information content (AvgIpc) is 3.22. The fourth-order valence-corrected chi connectivity index (χ4v) is 4.85. The van der Waals surface area contributed by atoms with Gasteiger partial charge in [0.15, 0.2) is 0 Å². The third kappa shape index (κ3) is 4.82. The number of benzene rings is 1. The van der Waals surface area contributed by atoms with Gasteiger partial charge in [-0.2, -0.15) is 0 Å². The van der Waals surface area contributed by atoms with E-state index in [0.29, 0.717) is 6.04 Å². The summed E-state index contributed by atoms with van der Waals surface area (Å²) in [5, 5.41) is 14.2. The van der Waals surface area contributed by atoms with Crippen LogP contribution in [0.4, 0.5) is 0 Å². The Morgan fingerprint density at radius 2 is 1.55 bits per heavy atom. The first-order valence-corrected chi connectivity index (χ1v) is 11.4. The van der Waals surface area contributed by atoms with Gasteiger partial charge in [-0.15, -0.1) is 0 Å². The van der Waals surface area contributed by atoms with Crippen LogP contribution in [0.2, 0.25) is 0 Å². The number of rotatable bonds is 5. The zero-order valence-electron chi connectivity index (χ0n) is 18.5. The van der Waals surface area contributed by atoms with Crippen LogP contribution in [0.25, 0.3) is 0 Å². The minimum Gasteiger partial charge on any atom is -0.508 e. The molecule has 0 aromatic heterocycles. The first-order valence-electron chi connectivity index (χ1n) is 11.4. The Balaban J connectivity index is 1.35. The van der Waals surface area contributed by atoms with E-state index >= 15 is 0 Å². The normalized spacial score (nSPS) is 25.7. The molecule has 0 amide bonds. The third-order valence-corrected chi connectivity index (χ3v) is 7.35. The molecule has 1 aromatic carbocycles. The number of phenols is 1. The van der Waals surface area contributed by atoms with Gasteiger partial charge in [-0.1, -0.05) is 18.9 Å². The van der Waals surface area contributed by atoms with Crippen LogP contribution in [0.5, 0.6) is 5.75 Å². The zero-order chi connectivity index (χ0) is 20.6. The summed E-state index contributed by atoms with van der Waals surface area (Å²) in [6, 6.07) is 7.19. The van der Waals surface area contributed by atoms with E-state index in [-0.39, 0.29) is 17.0 Å². The Labute approximate surface area is 176 Å². The van der Waals surface area contributed by atoms with E-state index < -0.39 is 7.12 Å². The quantitative estimate of drug-likeness (QED) is 0.744. The Morgan fingerprint density at radius 1 is 0.966 bits per heavy atom. The number of hydrogen-bond acceptors (Lipinski definition) is 5. The predicted molar refractivity (Wildman–Crippen MR) is 118 cm³/mol. The molecule has 2 aliphatic heterocycles. The molecule has 1 aromatic rings. The fourth-order valence-electron chi connectivity index (χ4n) is 4.85. The smallest absolute Gasteiger partial charge is 0.494 e. The number of piperidine rings is 1. The predicted octanol–water partition coefficient (Wildman–Crippen LogP) is 3.19. The summed E-state index contributed by atoms with van der Waals surface area (Å²) in [6.07, 6.45) is 7.90. The molecule has 6 heteroatoms. The highest BCUT2D eigenvalue weighted by molar-refractivity contribution is 6.62. The molecule has 0 atom stereocenters. The van der Waals surface area contributed by atoms with Gasteiger partial charge >= 0.3 is 7.12 Å². The number of nitrogens with zero attached hydrogens (tertiary/aromatic N) is 1. The lowest BCUT2D eigenvalue weighted by molar-refractivity contribution is 0.00578. The van der Waals surface area contributed by atoms with Gasteiger partial charge in [0.2, 0.25) is 0 Å². The van der Waals surface area contributed by atoms with E-state index in [9.17, 15) is 5.11 Å². The summed E-state index contributed by atoms with van der Waals surface area (Å²) in [5.74, 6) is 0.282. The van der Waals surface area contributed by atoms with Crippen molar-refractivity contribution in [3.8, 4) is 5.75 Å². The van der Waals surface area contributed by atoms with Gasteiger partial charge < -0.3 is 19.7 Å². The van der Waals surface area contributed by atoms with E-state index in [1.165, 1.54) is 38.5 Å². The minimum atomic E-state index is -0.438. The lowest BCUT2D eigenvalue weighted by Crippen LogP contribution is -2.45. The molecule has 0 unspecified atom stereocenters. The summed E-state index contributed by atoms with van der Waals surface area (Å²) in [4.78, 5) is 2.50. The molecular weight excluding hydrogens is 363 g/mol. The highest BCUT2D eigenvalue weighted by Crippen LogP contribution is 2.36. The Morgan fingerprint density at radius 3 is 2.17 bits per heavy atom. The van der Waals surface area contributed by atoms with Crippen molar-refractivity contribution in [1.82, 2.24) is 10.2 Å². The molecule has 0 bridgehead atoms. The van der Waals surface area contributed by atoms with Gasteiger partial charge in [-0.3, -0.25) is 4.90 Å². The first-order chi connectivity index (χ1) is 13.7. The van der Waals surface area contributed by atoms with E-state index in [4.69, 9.17) is 9.31 Å². The molecule has 4 rings (SSSR count). The minimum absolute atomic E-state index is 0.282. The molecule has 3 fully saturated rings. The SMILES string of the molecule is CC1(C)OB(c2cc(O)cc(CN3CCC(NC4CCCC4)CC3)c2)OC1(C)C. The van der Waals surface area contributed by atoms with Gasteiger partial charge in [0.05, 0.1) is 11.2 Å². The maximum absolute atomic E-state index is 10.3. The van der Waals surface area contributed by atoms with Crippen molar-refractivity contribution in [2.75, 3.05) is 13.1 Å². The highest BCUT2D eigenvalue weighted by Gasteiger charge is 2.51. The maximum Gasteiger partial charge on any atom is 0.494 e. The first kappa shape index (κ1) is 21.2. The van der Waals surface area contributed by atoms with Gasteiger partial charge in [0.25, 0.3) is 0 Å². The number of likely N-dealkylation sites (tertiary alicyclic amines) is 1. The summed E-state index contributed by atoms with van der Waals surface area (Å²) < 4.78 is 12.3. The van der Waals surface area contributed by atoms with Crippen LogP contribution in [0.15, 0.2) is 18.2 Å². The van der Waals surface area contributed by atoms with Crippen LogP contribution in [-0.4, -0.2) is 53.5 Å².